The van der Waals surface area contributed by atoms with E-state index in [1.807, 2.05) is 215 Å². The van der Waals surface area contributed by atoms with Crippen LogP contribution in [0.4, 0.5) is 35.0 Å². The fourth-order valence-electron chi connectivity index (χ4n) is 12.8. The number of hydrogen-bond acceptors (Lipinski definition) is 33. The molecule has 0 aliphatic rings. The number of aromatic hydroxyl groups is 1. The minimum absolute atomic E-state index is 0.0100. The number of aryl methyl sites for hydroxylation is 6. The Balaban J connectivity index is 0.000000861. The summed E-state index contributed by atoms with van der Waals surface area (Å²) in [4.78, 5) is 69.6. The normalized spacial score (nSPS) is 10.4. The molecule has 8 aromatic carbocycles. The lowest BCUT2D eigenvalue weighted by molar-refractivity contribution is -0.145. The maximum absolute atomic E-state index is 11.9. The number of carbonyl (C=O) groups excluding carboxylic acids is 3. The molecule has 0 fully saturated rings. The number of para-hydroxylation sites is 2. The second-order valence-electron chi connectivity index (χ2n) is 33.6. The molecule has 11 aromatic rings. The zero-order valence-electron chi connectivity index (χ0n) is 91.6. The van der Waals surface area contributed by atoms with E-state index in [1.54, 1.807) is 89.9 Å². The molecule has 0 saturated carbocycles. The predicted octanol–water partition coefficient (Wildman–Crippen LogP) is 27.4. The summed E-state index contributed by atoms with van der Waals surface area (Å²) in [5.74, 6) is 10.9. The number of H-pyrrole nitrogens is 1. The van der Waals surface area contributed by atoms with Crippen LogP contribution in [-0.4, -0.2) is 167 Å². The van der Waals surface area contributed by atoms with Crippen LogP contribution in [0.3, 0.4) is 0 Å². The van der Waals surface area contributed by atoms with Gasteiger partial charge in [-0.25, -0.2) is 24.5 Å². The number of ether oxygens (including phenoxy) is 17. The molecule has 0 atom stereocenters. The maximum Gasteiger partial charge on any atom is 0.377 e. The van der Waals surface area contributed by atoms with Crippen LogP contribution in [0.1, 0.15) is 206 Å². The van der Waals surface area contributed by atoms with Gasteiger partial charge >= 0.3 is 23.1 Å². The summed E-state index contributed by atoms with van der Waals surface area (Å²) >= 11 is 25.0. The van der Waals surface area contributed by atoms with E-state index in [9.17, 15) is 28.8 Å². The molecule has 34 nitrogen and oxygen atoms in total. The van der Waals surface area contributed by atoms with Crippen molar-refractivity contribution < 1.29 is 105 Å². The summed E-state index contributed by atoms with van der Waals surface area (Å²) < 4.78 is 99.1. The third kappa shape index (κ3) is 50.7. The zero-order chi connectivity index (χ0) is 114. The first kappa shape index (κ1) is 136. The Kier molecular flexibility index (Phi) is 66.3. The highest BCUT2D eigenvalue weighted by molar-refractivity contribution is 14.1. The monoisotopic (exact) mass is 2360 g/mol. The van der Waals surface area contributed by atoms with Crippen molar-refractivity contribution in [3.05, 3.63) is 246 Å². The number of carbonyl (C=O) groups is 3. The Morgan fingerprint density at radius 2 is 0.780 bits per heavy atom. The Morgan fingerprint density at radius 3 is 1.13 bits per heavy atom. The van der Waals surface area contributed by atoms with Crippen LogP contribution < -0.4 is 85.9 Å². The van der Waals surface area contributed by atoms with Crippen LogP contribution in [-0.2, 0) is 47.4 Å². The molecule has 3 heterocycles. The van der Waals surface area contributed by atoms with Gasteiger partial charge in [0.1, 0.15) is 80.6 Å². The van der Waals surface area contributed by atoms with Gasteiger partial charge in [0.15, 0.2) is 35.0 Å². The van der Waals surface area contributed by atoms with E-state index in [0.29, 0.717) is 83.7 Å². The lowest BCUT2D eigenvalue weighted by Gasteiger charge is -2.18. The molecule has 0 aliphatic carbocycles. The molecule has 826 valence electrons. The molecule has 11 rings (SSSR count). The number of phenolic OH excluding ortho intramolecular Hbond substituents is 1. The number of nitrogen functional groups attached to an aromatic ring is 4. The van der Waals surface area contributed by atoms with Crippen molar-refractivity contribution in [1.82, 2.24) is 29.9 Å². The van der Waals surface area contributed by atoms with Gasteiger partial charge < -0.3 is 114 Å². The van der Waals surface area contributed by atoms with Crippen LogP contribution in [0.5, 0.6) is 86.2 Å². The first-order chi connectivity index (χ1) is 70.9. The fraction of sp³-hybridized carbons (Fsp3) is 0.404. The van der Waals surface area contributed by atoms with Crippen molar-refractivity contribution in [2.45, 2.75) is 181 Å². The maximum atomic E-state index is 11.9. The van der Waals surface area contributed by atoms with E-state index in [-0.39, 0.29) is 89.2 Å². The molecule has 0 aliphatic heterocycles. The number of anilines is 6. The summed E-state index contributed by atoms with van der Waals surface area (Å²) in [6.45, 7) is 44.1. The molecule has 11 N–H and O–H groups in total. The van der Waals surface area contributed by atoms with Gasteiger partial charge in [0, 0.05) is 59.0 Å². The number of hydrogen-bond donors (Lipinski definition) is 7. The molecule has 0 unspecified atom stereocenters. The summed E-state index contributed by atoms with van der Waals surface area (Å²) in [7, 11) is 14.6. The number of phenols is 1. The molecule has 0 spiro atoms. The van der Waals surface area contributed by atoms with Gasteiger partial charge in [-0.1, -0.05) is 170 Å². The van der Waals surface area contributed by atoms with Crippen LogP contribution in [0.15, 0.2) is 169 Å². The third-order valence-corrected chi connectivity index (χ3v) is 20.9. The molecule has 0 bridgehead atoms. The lowest BCUT2D eigenvalue weighted by atomic mass is 10.00. The van der Waals surface area contributed by atoms with Gasteiger partial charge in [0.25, 0.3) is 5.56 Å². The zero-order valence-corrected chi connectivity index (χ0v) is 99.3. The van der Waals surface area contributed by atoms with E-state index < -0.39 is 16.7 Å². The quantitative estimate of drug-likeness (QED) is 0.00188. The van der Waals surface area contributed by atoms with Gasteiger partial charge in [-0.15, -0.1) is 0 Å². The highest BCUT2D eigenvalue weighted by atomic mass is 127. The van der Waals surface area contributed by atoms with E-state index >= 15 is 0 Å². The second-order valence-corrected chi connectivity index (χ2v) is 41.1. The van der Waals surface area contributed by atoms with Crippen molar-refractivity contribution in [2.24, 2.45) is 0 Å². The van der Waals surface area contributed by atoms with Crippen molar-refractivity contribution >= 4 is 142 Å². The summed E-state index contributed by atoms with van der Waals surface area (Å²) in [6, 6.07) is 42.1. The number of nitrogens with one attached hydrogen (secondary N) is 2. The average molecular weight is 2360 g/mol. The first-order valence-electron chi connectivity index (χ1n) is 47.3. The molecular weight excluding hydrogens is 2210 g/mol. The predicted molar refractivity (Wildman–Crippen MR) is 614 cm³/mol. The number of rotatable bonds is 34. The lowest BCUT2D eigenvalue weighted by Crippen LogP contribution is -2.15. The number of nitrogens with zero attached hydrogens (tertiary/aromatic N) is 5. The molecule has 0 saturated heterocycles. The van der Waals surface area contributed by atoms with E-state index in [2.05, 4.69) is 163 Å². The molecule has 3 aromatic heterocycles. The summed E-state index contributed by atoms with van der Waals surface area (Å²) in [5.41, 5.74) is 35.0. The minimum atomic E-state index is -3.22. The van der Waals surface area contributed by atoms with Crippen molar-refractivity contribution in [3.63, 3.8) is 0 Å². The number of alkyl halides is 2. The van der Waals surface area contributed by atoms with Gasteiger partial charge in [-0.2, -0.15) is 9.97 Å². The van der Waals surface area contributed by atoms with Crippen LogP contribution >= 0.6 is 89.0 Å². The smallest absolute Gasteiger partial charge is 0.377 e. The van der Waals surface area contributed by atoms with Gasteiger partial charge in [0.2, 0.25) is 23.4 Å². The number of halogens is 6. The van der Waals surface area contributed by atoms with E-state index in [4.69, 9.17) is 101 Å². The molecule has 150 heavy (non-hydrogen) atoms. The standard InChI is InChI=1S/C21H24N4O2.C17H24O5.C15H18ClN3O2.C15H19N3O3.C15H22O4.C11H16O2.C6H7N.C4H7BrO2.C4H10O2.CH3I.Cl3OP/c1-13(2)16-11-17(26-4)14(3)10-18(16)27-19-12-23-21(22)25-20(19)24-15-8-6-5-7-9-15;1-7-21-17(18)16(10-19-5)22-15-8-12(4)14(20-6)9-13(15)11(2)3;1-8(2)10-6-11(20-4)9(3)5-12(10)21-13-7-18-15(17)19-14(13)16;1-8(2)10-6-11(20-4)9(3)5-12(10)21-13-7-17-15(16)18-14(13)19;1-6-18-15(16)9-19-14-7-11(4)13(17-5)8-12(14)10(2)3;1-7(2)9-6-11(13-4)8(3)5-10(9)12;7-6-4-2-1-3-5-6;1-2-7-4(6)3-5;1-5-3-4-6-2;1-2;1-5(2,3)4/h5-13H,1-4H3,(H3,22,23,24,25);8-11H,7H2,1-6H3;5-8H,1-4H3,(H2,17,18,19);5-8H,1-4H3,(H3,16,17,18,19);7-8,10H,6,9H2,1-5H3;5-7,12H,1-4H3;1-5H,7H2;2-3H2,1H3;3-4H2,1-2H3;1H3;/b;16-10+;;;;;;;;;. The third-order valence-electron chi connectivity index (χ3n) is 20.2. The first-order valence-corrected chi connectivity index (χ1v) is 55.3. The molecule has 0 amide bonds. The van der Waals surface area contributed by atoms with E-state index in [0.717, 1.165) is 118 Å². The fourth-order valence-corrected chi connectivity index (χ4v) is 13.1. The molecule has 41 heteroatoms. The molecule has 0 radical (unpaired) electrons. The minimum Gasteiger partial charge on any atom is -0.508 e. The largest absolute Gasteiger partial charge is 0.508 e. The average Bonchev–Trinajstić information content (AvgIpc) is 0.781. The number of methoxy groups -OCH3 is 9. The topological polar surface area (TPSA) is 459 Å². The van der Waals surface area contributed by atoms with Gasteiger partial charge in [-0.3, -0.25) is 19.1 Å². The Hall–Kier alpha value is -12.1. The number of esters is 3. The summed E-state index contributed by atoms with van der Waals surface area (Å²) in [6.07, 6.45) is 5.60. The SMILES string of the molecule is CCOC(=O)/C(=C\OC)Oc1cc(C)c(OC)cc1C(C)C.CCOC(=O)CBr.CCOC(=O)COc1cc(C)c(OC)cc1C(C)C.CI.COCCOC.COc1cc(C(C)C)c(O)cc1C.COc1cc(C(C)C)c(Oc2cnc(N)[nH]c2=O)cc1C.COc1cc(C(C)C)c(Oc2cnc(N)nc2Cl)cc1C.COc1cc(C(C)C)c(Oc2cnc(N)nc2Nc2ccccc2)cc1C.Nc1ccccc1.O=P(Cl)(Cl)Cl. The number of nitrogens with two attached hydrogens (primary N) is 4. The Bertz CT molecular complexity index is 6040. The van der Waals surface area contributed by atoms with Crippen LogP contribution in [0.25, 0.3) is 0 Å². The summed E-state index contributed by atoms with van der Waals surface area (Å²) in [5, 5.41) is 10.1. The van der Waals surface area contributed by atoms with E-state index in [1.165, 1.54) is 25.8 Å². The van der Waals surface area contributed by atoms with Crippen LogP contribution in [0.2, 0.25) is 5.15 Å². The Labute approximate surface area is 925 Å². The number of aromatic amines is 1. The molecular formula is C109H150BrCl4IN11O23P. The van der Waals surface area contributed by atoms with Crippen molar-refractivity contribution in [3.8, 4) is 86.2 Å². The Morgan fingerprint density at radius 1 is 0.447 bits per heavy atom. The van der Waals surface area contributed by atoms with Crippen molar-refractivity contribution in [1.29, 1.82) is 0 Å². The number of aromatic nitrogens is 6. The van der Waals surface area contributed by atoms with Crippen molar-refractivity contribution in [2.75, 3.05) is 142 Å². The number of benzene rings is 8. The van der Waals surface area contributed by atoms with Crippen LogP contribution in [0, 0.1) is 41.5 Å². The van der Waals surface area contributed by atoms with Gasteiger partial charge in [-0.05, 0) is 267 Å². The highest BCUT2D eigenvalue weighted by Crippen LogP contribution is 2.61. The second kappa shape index (κ2) is 73.1. The highest BCUT2D eigenvalue weighted by Gasteiger charge is 2.24. The van der Waals surface area contributed by atoms with Gasteiger partial charge in [0.05, 0.1) is 101 Å².